The molecule has 6 rings (SSSR count). The van der Waals surface area contributed by atoms with Gasteiger partial charge in [-0.1, -0.05) is 12.1 Å². The van der Waals surface area contributed by atoms with E-state index >= 15 is 0 Å². The smallest absolute Gasteiger partial charge is 0.326 e. The van der Waals surface area contributed by atoms with Crippen LogP contribution in [0.1, 0.15) is 44.3 Å². The van der Waals surface area contributed by atoms with Gasteiger partial charge in [0.15, 0.2) is 6.61 Å². The summed E-state index contributed by atoms with van der Waals surface area (Å²) in [4.78, 5) is 29.3. The lowest BCUT2D eigenvalue weighted by atomic mass is 9.53. The van der Waals surface area contributed by atoms with Crippen LogP contribution in [0, 0.1) is 24.7 Å². The van der Waals surface area contributed by atoms with Crippen molar-refractivity contribution >= 4 is 22.9 Å². The third-order valence-electron chi connectivity index (χ3n) is 6.94. The molecular weight excluding hydrogens is 354 g/mol. The summed E-state index contributed by atoms with van der Waals surface area (Å²) in [5.74, 6) is 2.50. The highest BCUT2D eigenvalue weighted by Crippen LogP contribution is 2.55. The Hall–Kier alpha value is -2.37. The predicted octanol–water partition coefficient (Wildman–Crippen LogP) is 2.97. The molecule has 148 valence electrons. The lowest BCUT2D eigenvalue weighted by Gasteiger charge is -2.56. The molecule has 4 fully saturated rings. The second kappa shape index (κ2) is 6.61. The average molecular weight is 381 g/mol. The number of amides is 1. The van der Waals surface area contributed by atoms with E-state index in [-0.39, 0.29) is 24.6 Å². The summed E-state index contributed by atoms with van der Waals surface area (Å²) in [6.45, 7) is 1.73. The first-order chi connectivity index (χ1) is 13.5. The van der Waals surface area contributed by atoms with Crippen LogP contribution in [-0.4, -0.2) is 33.6 Å². The number of hydrogen-bond donors (Lipinski definition) is 1. The van der Waals surface area contributed by atoms with Gasteiger partial charge in [0.1, 0.15) is 12.4 Å². The van der Waals surface area contributed by atoms with Gasteiger partial charge in [-0.2, -0.15) is 0 Å². The number of benzene rings is 1. The minimum Gasteiger partial charge on any atom is -0.454 e. The fourth-order valence-electron chi connectivity index (χ4n) is 6.31. The maximum atomic E-state index is 12.5. The average Bonchev–Trinajstić information content (AvgIpc) is 2.94. The molecule has 28 heavy (non-hydrogen) atoms. The van der Waals surface area contributed by atoms with E-state index in [9.17, 15) is 9.59 Å². The summed E-state index contributed by atoms with van der Waals surface area (Å²) in [5, 5.41) is 3.24. The summed E-state index contributed by atoms with van der Waals surface area (Å²) < 4.78 is 7.12. The lowest BCUT2D eigenvalue weighted by Crippen LogP contribution is -2.60. The highest BCUT2D eigenvalue weighted by molar-refractivity contribution is 5.82. The summed E-state index contributed by atoms with van der Waals surface area (Å²) in [5.41, 5.74) is 1.71. The molecule has 1 heterocycles. The number of aryl methyl sites for hydroxylation is 1. The zero-order valence-corrected chi connectivity index (χ0v) is 16.3. The van der Waals surface area contributed by atoms with Gasteiger partial charge in [0.25, 0.3) is 5.91 Å². The molecule has 4 bridgehead atoms. The van der Waals surface area contributed by atoms with Crippen LogP contribution in [0.4, 0.5) is 0 Å². The number of nitrogens with zero attached hydrogens (tertiary/aromatic N) is 2. The van der Waals surface area contributed by atoms with Gasteiger partial charge in [0, 0.05) is 5.54 Å². The molecule has 0 unspecified atom stereocenters. The Kier molecular flexibility index (Phi) is 4.18. The molecule has 0 radical (unpaired) electrons. The number of carbonyl (C=O) groups excluding carboxylic acids is 2. The predicted molar refractivity (Wildman–Crippen MR) is 104 cm³/mol. The third-order valence-corrected chi connectivity index (χ3v) is 6.94. The Bertz CT molecular complexity index is 897. The molecule has 1 amide bonds. The van der Waals surface area contributed by atoms with E-state index in [2.05, 4.69) is 10.3 Å². The molecule has 4 aliphatic carbocycles. The fraction of sp³-hybridized carbons (Fsp3) is 0.591. The van der Waals surface area contributed by atoms with E-state index in [0.717, 1.165) is 53.9 Å². The largest absolute Gasteiger partial charge is 0.454 e. The number of fused-ring (bicyclic) bond motifs is 1. The molecular formula is C22H27N3O3. The zero-order valence-electron chi connectivity index (χ0n) is 16.3. The van der Waals surface area contributed by atoms with E-state index < -0.39 is 5.97 Å². The van der Waals surface area contributed by atoms with Crippen LogP contribution in [0.3, 0.4) is 0 Å². The van der Waals surface area contributed by atoms with Crippen molar-refractivity contribution < 1.29 is 14.3 Å². The van der Waals surface area contributed by atoms with Gasteiger partial charge < -0.3 is 14.6 Å². The highest BCUT2D eigenvalue weighted by atomic mass is 16.5. The number of hydrogen-bond acceptors (Lipinski definition) is 4. The van der Waals surface area contributed by atoms with Gasteiger partial charge in [-0.25, -0.2) is 4.98 Å². The highest BCUT2D eigenvalue weighted by Gasteiger charge is 2.51. The van der Waals surface area contributed by atoms with Gasteiger partial charge in [-0.05, 0) is 75.3 Å². The molecule has 1 N–H and O–H groups in total. The normalized spacial score (nSPS) is 30.5. The number of nitrogens with one attached hydrogen (secondary N) is 1. The van der Waals surface area contributed by atoms with Crippen LogP contribution >= 0.6 is 0 Å². The lowest BCUT2D eigenvalue weighted by molar-refractivity contribution is -0.150. The van der Waals surface area contributed by atoms with Crippen molar-refractivity contribution in [2.75, 3.05) is 6.61 Å². The van der Waals surface area contributed by atoms with Crippen molar-refractivity contribution in [3.8, 4) is 0 Å². The number of aromatic nitrogens is 2. The molecule has 4 saturated carbocycles. The maximum absolute atomic E-state index is 12.5. The Morgan fingerprint density at radius 2 is 1.79 bits per heavy atom. The number of esters is 1. The molecule has 6 nitrogen and oxygen atoms in total. The molecule has 4 aliphatic rings. The Balaban J connectivity index is 1.18. The Morgan fingerprint density at radius 3 is 2.46 bits per heavy atom. The van der Waals surface area contributed by atoms with E-state index in [1.54, 1.807) is 0 Å². The van der Waals surface area contributed by atoms with Crippen LogP contribution in [0.5, 0.6) is 0 Å². The standard InChI is InChI=1S/C22H27N3O3/c1-14-23-18-4-2-3-5-19(18)25(14)12-21(27)28-13-20(26)24-22-9-15-6-16(10-22)8-17(7-15)11-22/h2-5,15-17H,6-13H2,1H3,(H,24,26). The van der Waals surface area contributed by atoms with Gasteiger partial charge in [-0.15, -0.1) is 0 Å². The first-order valence-corrected chi connectivity index (χ1v) is 10.4. The Morgan fingerprint density at radius 1 is 1.14 bits per heavy atom. The first kappa shape index (κ1) is 17.7. The molecule has 0 saturated heterocycles. The number of imidazole rings is 1. The van der Waals surface area contributed by atoms with E-state index in [0.29, 0.717) is 0 Å². The second-order valence-electron chi connectivity index (χ2n) is 9.14. The zero-order chi connectivity index (χ0) is 19.3. The van der Waals surface area contributed by atoms with Crippen LogP contribution in [0.2, 0.25) is 0 Å². The van der Waals surface area contributed by atoms with E-state index in [4.69, 9.17) is 4.74 Å². The fourth-order valence-corrected chi connectivity index (χ4v) is 6.31. The summed E-state index contributed by atoms with van der Waals surface area (Å²) in [6, 6.07) is 7.70. The molecule has 0 aliphatic heterocycles. The van der Waals surface area contributed by atoms with Gasteiger partial charge in [-0.3, -0.25) is 9.59 Å². The quantitative estimate of drug-likeness (QED) is 0.808. The van der Waals surface area contributed by atoms with Crippen LogP contribution in [-0.2, 0) is 20.9 Å². The summed E-state index contributed by atoms with van der Waals surface area (Å²) in [6.07, 6.45) is 7.30. The van der Waals surface area contributed by atoms with Gasteiger partial charge in [0.05, 0.1) is 11.0 Å². The first-order valence-electron chi connectivity index (χ1n) is 10.4. The van der Waals surface area contributed by atoms with Gasteiger partial charge in [0.2, 0.25) is 0 Å². The molecule has 0 atom stereocenters. The van der Waals surface area contributed by atoms with Gasteiger partial charge >= 0.3 is 5.97 Å². The number of ether oxygens (including phenoxy) is 1. The second-order valence-corrected chi connectivity index (χ2v) is 9.14. The van der Waals surface area contributed by atoms with E-state index in [1.807, 2.05) is 35.8 Å². The molecule has 1 aromatic heterocycles. The van der Waals surface area contributed by atoms with Crippen LogP contribution in [0.15, 0.2) is 24.3 Å². The maximum Gasteiger partial charge on any atom is 0.326 e. The van der Waals surface area contributed by atoms with Crippen LogP contribution in [0.25, 0.3) is 11.0 Å². The summed E-state index contributed by atoms with van der Waals surface area (Å²) in [7, 11) is 0. The number of rotatable bonds is 5. The number of carbonyl (C=O) groups is 2. The van der Waals surface area contributed by atoms with Crippen molar-refractivity contribution in [3.63, 3.8) is 0 Å². The van der Waals surface area contributed by atoms with Crippen molar-refractivity contribution in [3.05, 3.63) is 30.1 Å². The Labute approximate surface area is 164 Å². The topological polar surface area (TPSA) is 73.2 Å². The van der Waals surface area contributed by atoms with Crippen LogP contribution < -0.4 is 5.32 Å². The molecule has 1 aromatic carbocycles. The molecule has 0 spiro atoms. The van der Waals surface area contributed by atoms with Crippen molar-refractivity contribution in [2.45, 2.75) is 57.5 Å². The van der Waals surface area contributed by atoms with E-state index in [1.165, 1.54) is 19.3 Å². The van der Waals surface area contributed by atoms with Crippen molar-refractivity contribution in [1.82, 2.24) is 14.9 Å². The number of para-hydroxylation sites is 2. The third kappa shape index (κ3) is 3.19. The minimum absolute atomic E-state index is 0.0463. The van der Waals surface area contributed by atoms with Crippen molar-refractivity contribution in [2.24, 2.45) is 17.8 Å². The minimum atomic E-state index is -0.410. The molecule has 6 heteroatoms. The van der Waals surface area contributed by atoms with Crippen molar-refractivity contribution in [1.29, 1.82) is 0 Å². The SMILES string of the molecule is Cc1nc2ccccc2n1CC(=O)OCC(=O)NC12CC3CC(CC(C3)C1)C2. The molecule has 2 aromatic rings. The summed E-state index contributed by atoms with van der Waals surface area (Å²) >= 11 is 0. The monoisotopic (exact) mass is 381 g/mol.